The molecule has 0 aliphatic rings. The molecule has 12 nitrogen and oxygen atoms in total. The monoisotopic (exact) mass is 669 g/mol. The van der Waals surface area contributed by atoms with Crippen LogP contribution in [-0.2, 0) is 12.0 Å². The molecule has 12 heteroatoms. The smallest absolute Gasteiger partial charge is 0.324 e. The zero-order valence-electron chi connectivity index (χ0n) is 28.6. The fourth-order valence-corrected chi connectivity index (χ4v) is 5.18. The van der Waals surface area contributed by atoms with E-state index in [1.165, 1.54) is 12.4 Å². The molecule has 50 heavy (non-hydrogen) atoms. The molecule has 3 heterocycles. The number of pyridine rings is 1. The van der Waals surface area contributed by atoms with Gasteiger partial charge in [0.1, 0.15) is 35.5 Å². The summed E-state index contributed by atoms with van der Waals surface area (Å²) in [7, 11) is 0. The normalized spacial score (nSPS) is 11.2. The predicted molar refractivity (Wildman–Crippen MR) is 195 cm³/mol. The molecule has 3 amide bonds. The van der Waals surface area contributed by atoms with Gasteiger partial charge in [-0.15, -0.1) is 0 Å². The second kappa shape index (κ2) is 14.4. The molecule has 0 saturated carbocycles. The summed E-state index contributed by atoms with van der Waals surface area (Å²) >= 11 is 0. The van der Waals surface area contributed by atoms with Crippen molar-refractivity contribution in [2.45, 2.75) is 46.6 Å². The number of benzene rings is 3. The molecule has 0 spiro atoms. The van der Waals surface area contributed by atoms with E-state index in [4.69, 9.17) is 9.84 Å². The van der Waals surface area contributed by atoms with Crippen LogP contribution in [0.15, 0.2) is 97.5 Å². The first kappa shape index (κ1) is 33.6. The highest BCUT2D eigenvalue weighted by molar-refractivity contribution is 6.07. The van der Waals surface area contributed by atoms with E-state index in [1.54, 1.807) is 10.9 Å². The molecule has 3 aromatic carbocycles. The number of hydrogen-bond donors (Lipinski definition) is 4. The Bertz CT molecular complexity index is 2140. The number of aryl methyl sites for hydroxylation is 1. The van der Waals surface area contributed by atoms with Crippen molar-refractivity contribution in [3.63, 3.8) is 0 Å². The van der Waals surface area contributed by atoms with Gasteiger partial charge in [-0.3, -0.25) is 10.1 Å². The molecule has 0 saturated heterocycles. The summed E-state index contributed by atoms with van der Waals surface area (Å²) in [5, 5.41) is 18.3. The number of urea groups is 1. The Morgan fingerprint density at radius 3 is 2.34 bits per heavy atom. The molecule has 0 fully saturated rings. The number of amides is 3. The van der Waals surface area contributed by atoms with Crippen LogP contribution in [0.25, 0.3) is 16.5 Å². The third kappa shape index (κ3) is 7.87. The number of rotatable bonds is 10. The maximum Gasteiger partial charge on any atom is 0.324 e. The van der Waals surface area contributed by atoms with Crippen LogP contribution < -0.4 is 26.0 Å². The number of hydrogen-bond acceptors (Lipinski definition) is 8. The second-order valence-corrected chi connectivity index (χ2v) is 12.8. The van der Waals surface area contributed by atoms with Crippen LogP contribution in [0, 0.1) is 6.92 Å². The first-order valence-corrected chi connectivity index (χ1v) is 16.3. The molecule has 0 bridgehead atoms. The fraction of sp³-hybridized carbons (Fsp3) is 0.211. The summed E-state index contributed by atoms with van der Waals surface area (Å²) < 4.78 is 8.03. The van der Waals surface area contributed by atoms with Gasteiger partial charge in [0, 0.05) is 35.0 Å². The predicted octanol–water partition coefficient (Wildman–Crippen LogP) is 7.53. The summed E-state index contributed by atoms with van der Waals surface area (Å²) in [5.74, 6) is 1.96. The van der Waals surface area contributed by atoms with E-state index >= 15 is 0 Å². The van der Waals surface area contributed by atoms with Crippen LogP contribution in [-0.4, -0.2) is 43.2 Å². The highest BCUT2D eigenvalue weighted by Gasteiger charge is 2.22. The lowest BCUT2D eigenvalue weighted by Gasteiger charge is -2.15. The maximum absolute atomic E-state index is 13.4. The lowest BCUT2D eigenvalue weighted by atomic mass is 9.92. The Kier molecular flexibility index (Phi) is 9.70. The number of fused-ring (bicyclic) bond motifs is 1. The highest BCUT2D eigenvalue weighted by atomic mass is 16.5. The zero-order valence-corrected chi connectivity index (χ0v) is 28.6. The van der Waals surface area contributed by atoms with Crippen LogP contribution in [0.5, 0.6) is 5.75 Å². The van der Waals surface area contributed by atoms with E-state index in [2.05, 4.69) is 57.0 Å². The van der Waals surface area contributed by atoms with E-state index < -0.39 is 6.03 Å². The minimum Gasteiger partial charge on any atom is -0.488 e. The Balaban J connectivity index is 1.15. The number of nitrogens with zero attached hydrogens (tertiary/aromatic N) is 5. The quantitative estimate of drug-likeness (QED) is 0.117. The van der Waals surface area contributed by atoms with Crippen molar-refractivity contribution in [1.29, 1.82) is 0 Å². The highest BCUT2D eigenvalue weighted by Crippen LogP contribution is 2.33. The molecule has 4 N–H and O–H groups in total. The summed E-state index contributed by atoms with van der Waals surface area (Å²) in [4.78, 5) is 38.2. The summed E-state index contributed by atoms with van der Waals surface area (Å²) in [6, 6.07) is 24.7. The largest absolute Gasteiger partial charge is 0.488 e. The van der Waals surface area contributed by atoms with Crippen molar-refractivity contribution in [3.05, 3.63) is 120 Å². The average molecular weight is 670 g/mol. The number of aromatic nitrogens is 5. The van der Waals surface area contributed by atoms with Gasteiger partial charge in [-0.05, 0) is 55.8 Å². The molecule has 0 atom stereocenters. The van der Waals surface area contributed by atoms with Crippen LogP contribution >= 0.6 is 0 Å². The van der Waals surface area contributed by atoms with E-state index in [1.807, 2.05) is 92.7 Å². The van der Waals surface area contributed by atoms with Gasteiger partial charge in [0.25, 0.3) is 5.91 Å². The summed E-state index contributed by atoms with van der Waals surface area (Å²) in [6.45, 7) is 10.9. The van der Waals surface area contributed by atoms with E-state index in [-0.39, 0.29) is 23.6 Å². The van der Waals surface area contributed by atoms with Crippen molar-refractivity contribution in [1.82, 2.24) is 30.0 Å². The Morgan fingerprint density at radius 1 is 0.840 bits per heavy atom. The second-order valence-electron chi connectivity index (χ2n) is 12.8. The number of carbonyl (C=O) groups excluding carboxylic acids is 2. The lowest BCUT2D eigenvalue weighted by Crippen LogP contribution is -2.23. The summed E-state index contributed by atoms with van der Waals surface area (Å²) in [5.41, 5.74) is 4.39. The molecule has 0 aliphatic heterocycles. The number of ether oxygens (including phenoxy) is 1. The van der Waals surface area contributed by atoms with Crippen LogP contribution in [0.4, 0.5) is 27.9 Å². The van der Waals surface area contributed by atoms with Crippen molar-refractivity contribution in [3.8, 4) is 11.4 Å². The average Bonchev–Trinajstić information content (AvgIpc) is 3.53. The fourth-order valence-electron chi connectivity index (χ4n) is 5.18. The van der Waals surface area contributed by atoms with Crippen LogP contribution in [0.2, 0.25) is 0 Å². The van der Waals surface area contributed by atoms with Gasteiger partial charge >= 0.3 is 6.03 Å². The SMILES string of the molecule is CCNC(=O)c1cnc(Nc2cc(COc3ccc(NC(=O)Nc4cc(C(C)(C)C)nn4-c4ccc(C)cc4)c4ccccc34)ccn2)cn1. The topological polar surface area (TPSA) is 148 Å². The molecule has 3 aromatic heterocycles. The number of nitrogens with one attached hydrogen (secondary N) is 4. The standard InChI is InChI=1S/C38H39N9O3/c1-6-39-36(48)30-21-42-34(22-41-30)44-33-19-25(17-18-40-33)23-50-31-16-15-29(27-9-7-8-10-28(27)31)43-37(49)45-35-20-32(38(3,4)5)46-47(35)26-13-11-24(2)12-14-26/h7-22H,6,23H2,1-5H3,(H,39,48)(H,40,42,44)(H2,43,45,49). The van der Waals surface area contributed by atoms with Crippen molar-refractivity contribution < 1.29 is 14.3 Å². The van der Waals surface area contributed by atoms with Gasteiger partial charge in [-0.1, -0.05) is 62.7 Å². The van der Waals surface area contributed by atoms with Gasteiger partial charge < -0.3 is 20.7 Å². The lowest BCUT2D eigenvalue weighted by molar-refractivity contribution is 0.0950. The minimum absolute atomic E-state index is 0.210. The summed E-state index contributed by atoms with van der Waals surface area (Å²) in [6.07, 6.45) is 4.58. The molecule has 0 radical (unpaired) electrons. The van der Waals surface area contributed by atoms with Crippen LogP contribution in [0.3, 0.4) is 0 Å². The van der Waals surface area contributed by atoms with Crippen molar-refractivity contribution in [2.75, 3.05) is 22.5 Å². The minimum atomic E-state index is -0.391. The molecule has 0 aliphatic carbocycles. The molecular formula is C38H39N9O3. The number of carbonyl (C=O) groups is 2. The zero-order chi connectivity index (χ0) is 35.3. The first-order valence-electron chi connectivity index (χ1n) is 16.3. The molecule has 6 aromatic rings. The first-order chi connectivity index (χ1) is 24.1. The van der Waals surface area contributed by atoms with Gasteiger partial charge in [-0.2, -0.15) is 5.10 Å². The Hall–Kier alpha value is -6.30. The van der Waals surface area contributed by atoms with Crippen molar-refractivity contribution in [2.24, 2.45) is 0 Å². The third-order valence-electron chi connectivity index (χ3n) is 7.83. The number of anilines is 4. The molecular weight excluding hydrogens is 630 g/mol. The van der Waals surface area contributed by atoms with E-state index in [0.29, 0.717) is 35.4 Å². The Morgan fingerprint density at radius 2 is 1.62 bits per heavy atom. The molecule has 6 rings (SSSR count). The van der Waals surface area contributed by atoms with E-state index in [0.717, 1.165) is 33.3 Å². The maximum atomic E-state index is 13.4. The molecule has 0 unspecified atom stereocenters. The van der Waals surface area contributed by atoms with Gasteiger partial charge in [-0.25, -0.2) is 24.4 Å². The van der Waals surface area contributed by atoms with Gasteiger partial charge in [0.05, 0.1) is 29.5 Å². The molecule has 254 valence electrons. The van der Waals surface area contributed by atoms with E-state index in [9.17, 15) is 9.59 Å². The van der Waals surface area contributed by atoms with Crippen molar-refractivity contribution >= 4 is 45.9 Å². The Labute approximate surface area is 290 Å². The van der Waals surface area contributed by atoms with Gasteiger partial charge in [0.2, 0.25) is 0 Å². The van der Waals surface area contributed by atoms with Gasteiger partial charge in [0.15, 0.2) is 0 Å². The third-order valence-corrected chi connectivity index (χ3v) is 7.83. The van der Waals surface area contributed by atoms with Crippen LogP contribution in [0.1, 0.15) is 55.0 Å².